The number of hydrogen-bond acceptors (Lipinski definition) is 4. The monoisotopic (exact) mass is 378 g/mol. The molecule has 0 bridgehead atoms. The summed E-state index contributed by atoms with van der Waals surface area (Å²) >= 11 is 0. The molecular formula is C21H22N4O3. The molecule has 1 amide bonds. The van der Waals surface area contributed by atoms with Crippen molar-refractivity contribution in [3.8, 4) is 0 Å². The van der Waals surface area contributed by atoms with Gasteiger partial charge in [-0.15, -0.1) is 0 Å². The SMILES string of the molecule is CN(C)CCn1cc(C(=O)Nc2cccc3c2oc(=O)n3C)c2ccccc21. The number of anilines is 1. The zero-order valence-corrected chi connectivity index (χ0v) is 16.1. The first-order valence-electron chi connectivity index (χ1n) is 9.08. The Hall–Kier alpha value is -3.32. The number of carbonyl (C=O) groups excluding carboxylic acids is 1. The quantitative estimate of drug-likeness (QED) is 0.580. The van der Waals surface area contributed by atoms with Gasteiger partial charge < -0.3 is 19.2 Å². The van der Waals surface area contributed by atoms with Crippen molar-refractivity contribution in [1.29, 1.82) is 0 Å². The molecule has 28 heavy (non-hydrogen) atoms. The van der Waals surface area contributed by atoms with Gasteiger partial charge in [0.1, 0.15) is 0 Å². The number of fused-ring (bicyclic) bond motifs is 2. The molecule has 0 aliphatic heterocycles. The summed E-state index contributed by atoms with van der Waals surface area (Å²) in [6.45, 7) is 1.65. The van der Waals surface area contributed by atoms with Crippen LogP contribution in [0.2, 0.25) is 0 Å². The van der Waals surface area contributed by atoms with Gasteiger partial charge in [-0.3, -0.25) is 9.36 Å². The minimum absolute atomic E-state index is 0.237. The lowest BCUT2D eigenvalue weighted by atomic mass is 10.1. The van der Waals surface area contributed by atoms with Gasteiger partial charge in [0.2, 0.25) is 0 Å². The third-order valence-electron chi connectivity index (χ3n) is 4.89. The van der Waals surface area contributed by atoms with Gasteiger partial charge in [-0.05, 0) is 32.3 Å². The molecule has 0 spiro atoms. The first-order chi connectivity index (χ1) is 13.5. The Balaban J connectivity index is 1.72. The second-order valence-electron chi connectivity index (χ2n) is 7.09. The summed E-state index contributed by atoms with van der Waals surface area (Å²) in [6.07, 6.45) is 1.88. The Morgan fingerprint density at radius 3 is 2.64 bits per heavy atom. The van der Waals surface area contributed by atoms with Crippen molar-refractivity contribution in [2.45, 2.75) is 6.54 Å². The lowest BCUT2D eigenvalue weighted by Crippen LogP contribution is -2.18. The van der Waals surface area contributed by atoms with E-state index < -0.39 is 5.76 Å². The van der Waals surface area contributed by atoms with Crippen molar-refractivity contribution in [2.24, 2.45) is 7.05 Å². The van der Waals surface area contributed by atoms with Crippen LogP contribution in [-0.4, -0.2) is 40.6 Å². The molecule has 144 valence electrons. The van der Waals surface area contributed by atoms with Crippen LogP contribution < -0.4 is 11.1 Å². The number of para-hydroxylation sites is 2. The van der Waals surface area contributed by atoms with Crippen LogP contribution in [0.4, 0.5) is 5.69 Å². The molecule has 0 unspecified atom stereocenters. The maximum Gasteiger partial charge on any atom is 0.419 e. The van der Waals surface area contributed by atoms with Gasteiger partial charge >= 0.3 is 5.76 Å². The van der Waals surface area contributed by atoms with E-state index in [1.54, 1.807) is 25.2 Å². The number of hydrogen-bond donors (Lipinski definition) is 1. The lowest BCUT2D eigenvalue weighted by molar-refractivity contribution is 0.102. The van der Waals surface area contributed by atoms with E-state index in [-0.39, 0.29) is 5.91 Å². The van der Waals surface area contributed by atoms with E-state index in [2.05, 4.69) is 14.8 Å². The topological polar surface area (TPSA) is 72.4 Å². The van der Waals surface area contributed by atoms with Gasteiger partial charge in [-0.1, -0.05) is 24.3 Å². The zero-order valence-electron chi connectivity index (χ0n) is 16.1. The molecule has 0 aliphatic carbocycles. The van der Waals surface area contributed by atoms with Crippen LogP contribution in [0.1, 0.15) is 10.4 Å². The van der Waals surface area contributed by atoms with E-state index in [0.29, 0.717) is 22.4 Å². The van der Waals surface area contributed by atoms with Crippen LogP contribution in [-0.2, 0) is 13.6 Å². The fourth-order valence-electron chi connectivity index (χ4n) is 3.36. The molecule has 0 fully saturated rings. The second kappa shape index (κ2) is 7.01. The molecule has 1 N–H and O–H groups in total. The number of likely N-dealkylation sites (N-methyl/N-ethyl adjacent to an activating group) is 1. The highest BCUT2D eigenvalue weighted by atomic mass is 16.4. The normalized spacial score (nSPS) is 11.6. The molecule has 7 heteroatoms. The molecule has 0 radical (unpaired) electrons. The van der Waals surface area contributed by atoms with Crippen LogP contribution in [0.5, 0.6) is 0 Å². The molecule has 7 nitrogen and oxygen atoms in total. The van der Waals surface area contributed by atoms with Crippen LogP contribution >= 0.6 is 0 Å². The Bertz CT molecular complexity index is 1230. The smallest absolute Gasteiger partial charge is 0.405 e. The highest BCUT2D eigenvalue weighted by molar-refractivity contribution is 6.14. The van der Waals surface area contributed by atoms with Crippen molar-refractivity contribution in [2.75, 3.05) is 26.0 Å². The first-order valence-corrected chi connectivity index (χ1v) is 9.08. The van der Waals surface area contributed by atoms with Crippen LogP contribution in [0, 0.1) is 0 Å². The van der Waals surface area contributed by atoms with Crippen molar-refractivity contribution < 1.29 is 9.21 Å². The molecular weight excluding hydrogens is 356 g/mol. The molecule has 2 aromatic heterocycles. The number of oxazole rings is 1. The van der Waals surface area contributed by atoms with E-state index in [9.17, 15) is 9.59 Å². The molecule has 0 saturated heterocycles. The van der Waals surface area contributed by atoms with Crippen molar-refractivity contribution in [1.82, 2.24) is 14.0 Å². The standard InChI is InChI=1S/C21H22N4O3/c1-23(2)11-12-25-13-15(14-7-4-5-9-17(14)25)20(26)22-16-8-6-10-18-19(16)28-21(27)24(18)3/h4-10,13H,11-12H2,1-3H3,(H,22,26). The average Bonchev–Trinajstić information content (AvgIpc) is 3.19. The predicted octanol–water partition coefficient (Wildman–Crippen LogP) is 2.90. The number of rotatable bonds is 5. The number of aryl methyl sites for hydroxylation is 1. The molecule has 0 atom stereocenters. The van der Waals surface area contributed by atoms with Gasteiger partial charge in [-0.25, -0.2) is 4.79 Å². The number of aromatic nitrogens is 2. The van der Waals surface area contributed by atoms with Gasteiger partial charge in [-0.2, -0.15) is 0 Å². The minimum Gasteiger partial charge on any atom is -0.405 e. The summed E-state index contributed by atoms with van der Waals surface area (Å²) in [5.41, 5.74) is 3.09. The van der Waals surface area contributed by atoms with E-state index in [4.69, 9.17) is 4.42 Å². The fraction of sp³-hybridized carbons (Fsp3) is 0.238. The summed E-state index contributed by atoms with van der Waals surface area (Å²) in [5, 5.41) is 3.79. The van der Waals surface area contributed by atoms with Gasteiger partial charge in [0, 0.05) is 37.2 Å². The van der Waals surface area contributed by atoms with Gasteiger partial charge in [0.15, 0.2) is 5.58 Å². The van der Waals surface area contributed by atoms with Crippen LogP contribution in [0.15, 0.2) is 57.9 Å². The van der Waals surface area contributed by atoms with Gasteiger partial charge in [0.25, 0.3) is 5.91 Å². The third kappa shape index (κ3) is 3.10. The summed E-state index contributed by atoms with van der Waals surface area (Å²) in [7, 11) is 5.68. The Kier molecular flexibility index (Phi) is 4.52. The van der Waals surface area contributed by atoms with E-state index in [0.717, 1.165) is 24.0 Å². The van der Waals surface area contributed by atoms with E-state index in [1.165, 1.54) is 4.57 Å². The molecule has 2 heterocycles. The minimum atomic E-state index is -0.461. The third-order valence-corrected chi connectivity index (χ3v) is 4.89. The van der Waals surface area contributed by atoms with Crippen molar-refractivity contribution in [3.63, 3.8) is 0 Å². The first kappa shape index (κ1) is 18.1. The zero-order chi connectivity index (χ0) is 19.8. The van der Waals surface area contributed by atoms with E-state index >= 15 is 0 Å². The van der Waals surface area contributed by atoms with Crippen LogP contribution in [0.25, 0.3) is 22.0 Å². The number of nitrogens with one attached hydrogen (secondary N) is 1. The second-order valence-corrected chi connectivity index (χ2v) is 7.09. The number of benzene rings is 2. The van der Waals surface area contributed by atoms with Crippen molar-refractivity contribution in [3.05, 3.63) is 64.8 Å². The Morgan fingerprint density at radius 1 is 1.11 bits per heavy atom. The molecule has 2 aromatic carbocycles. The van der Waals surface area contributed by atoms with E-state index in [1.807, 2.05) is 44.6 Å². The number of nitrogens with zero attached hydrogens (tertiary/aromatic N) is 3. The maximum absolute atomic E-state index is 13.1. The van der Waals surface area contributed by atoms with Crippen molar-refractivity contribution >= 4 is 33.6 Å². The van der Waals surface area contributed by atoms with Gasteiger partial charge in [0.05, 0.1) is 16.8 Å². The summed E-state index contributed by atoms with van der Waals surface area (Å²) in [4.78, 5) is 27.0. The Labute approximate surface area is 161 Å². The fourth-order valence-corrected chi connectivity index (χ4v) is 3.36. The summed E-state index contributed by atoms with van der Waals surface area (Å²) in [6, 6.07) is 13.1. The highest BCUT2D eigenvalue weighted by Gasteiger charge is 2.18. The van der Waals surface area contributed by atoms with Crippen LogP contribution in [0.3, 0.4) is 0 Å². The maximum atomic E-state index is 13.1. The molecule has 0 aliphatic rings. The molecule has 4 rings (SSSR count). The predicted molar refractivity (Wildman–Crippen MR) is 110 cm³/mol. The number of amides is 1. The lowest BCUT2D eigenvalue weighted by Gasteiger charge is -2.10. The summed E-state index contributed by atoms with van der Waals surface area (Å²) in [5.74, 6) is -0.698. The largest absolute Gasteiger partial charge is 0.419 e. The summed E-state index contributed by atoms with van der Waals surface area (Å²) < 4.78 is 8.81. The number of carbonyl (C=O) groups is 1. The highest BCUT2D eigenvalue weighted by Crippen LogP contribution is 2.25. The Morgan fingerprint density at radius 2 is 1.86 bits per heavy atom. The molecule has 0 saturated carbocycles. The average molecular weight is 378 g/mol. The molecule has 4 aromatic rings.